The number of aliphatic hydroxyl groups excluding tert-OH is 1. The molecule has 7 heteroatoms. The predicted molar refractivity (Wildman–Crippen MR) is 84.6 cm³/mol. The average molecular weight is 338 g/mol. The van der Waals surface area contributed by atoms with Crippen LogP contribution in [-0.2, 0) is 19.1 Å². The summed E-state index contributed by atoms with van der Waals surface area (Å²) >= 11 is 0. The molecule has 0 aromatic rings. The van der Waals surface area contributed by atoms with Gasteiger partial charge in [0.2, 0.25) is 11.8 Å². The number of esters is 1. The number of carbonyl (C=O) groups is 3. The largest absolute Gasteiger partial charge is 0.468 e. The fourth-order valence-corrected chi connectivity index (χ4v) is 3.54. The summed E-state index contributed by atoms with van der Waals surface area (Å²) in [4.78, 5) is 36.3. The van der Waals surface area contributed by atoms with Gasteiger partial charge >= 0.3 is 5.97 Å². The van der Waals surface area contributed by atoms with Gasteiger partial charge in [-0.1, -0.05) is 6.92 Å². The van der Waals surface area contributed by atoms with Crippen LogP contribution in [0.3, 0.4) is 0 Å². The van der Waals surface area contributed by atoms with Gasteiger partial charge < -0.3 is 20.5 Å². The van der Waals surface area contributed by atoms with Gasteiger partial charge in [0, 0.05) is 24.4 Å². The van der Waals surface area contributed by atoms with Crippen LogP contribution in [-0.4, -0.2) is 49.2 Å². The zero-order valence-corrected chi connectivity index (χ0v) is 14.3. The Hall–Kier alpha value is -1.63. The predicted octanol–water partition coefficient (Wildman–Crippen LogP) is -0.0309. The Bertz CT molecular complexity index is 553. The van der Waals surface area contributed by atoms with Gasteiger partial charge in [0.05, 0.1) is 13.2 Å². The third-order valence-corrected chi connectivity index (χ3v) is 5.97. The summed E-state index contributed by atoms with van der Waals surface area (Å²) in [6.07, 6.45) is 3.15. The third kappa shape index (κ3) is 3.01. The molecular formula is C17H26N2O5. The van der Waals surface area contributed by atoms with Crippen molar-refractivity contribution in [2.75, 3.05) is 20.2 Å². The van der Waals surface area contributed by atoms with Crippen molar-refractivity contribution in [3.8, 4) is 0 Å². The summed E-state index contributed by atoms with van der Waals surface area (Å²) in [6, 6.07) is 0. The van der Waals surface area contributed by atoms with Crippen LogP contribution in [0.1, 0.15) is 39.0 Å². The van der Waals surface area contributed by atoms with E-state index in [1.165, 1.54) is 7.11 Å². The lowest BCUT2D eigenvalue weighted by atomic mass is 9.82. The van der Waals surface area contributed by atoms with Crippen LogP contribution in [0.2, 0.25) is 0 Å². The standard InChI is InChI=1S/C17H26N2O5/c1-10-7-17(10,15(23)24-2)14(22)19-9-16(3-4-16)8-18-13(21)11-5-12(20)6-11/h10-12,20H,3-9H2,1-2H3,(H,18,21)(H,19,22). The minimum Gasteiger partial charge on any atom is -0.468 e. The first-order chi connectivity index (χ1) is 11.3. The van der Waals surface area contributed by atoms with Gasteiger partial charge in [-0.15, -0.1) is 0 Å². The molecule has 7 nitrogen and oxygen atoms in total. The number of hydrogen-bond donors (Lipinski definition) is 3. The number of nitrogens with one attached hydrogen (secondary N) is 2. The van der Waals surface area contributed by atoms with Crippen molar-refractivity contribution < 1.29 is 24.2 Å². The summed E-state index contributed by atoms with van der Waals surface area (Å²) in [5, 5.41) is 15.1. The van der Waals surface area contributed by atoms with Crippen LogP contribution in [0, 0.1) is 22.7 Å². The van der Waals surface area contributed by atoms with Crippen LogP contribution >= 0.6 is 0 Å². The van der Waals surface area contributed by atoms with Crippen molar-refractivity contribution in [2.45, 2.75) is 45.1 Å². The highest BCUT2D eigenvalue weighted by Crippen LogP contribution is 2.53. The minimum atomic E-state index is -1.02. The van der Waals surface area contributed by atoms with Gasteiger partial charge in [-0.05, 0) is 38.0 Å². The molecule has 2 unspecified atom stereocenters. The summed E-state index contributed by atoms with van der Waals surface area (Å²) in [5.41, 5.74) is -1.11. The number of methoxy groups -OCH3 is 1. The molecule has 0 bridgehead atoms. The zero-order chi connectivity index (χ0) is 17.5. The third-order valence-electron chi connectivity index (χ3n) is 5.97. The summed E-state index contributed by atoms with van der Waals surface area (Å²) in [5.74, 6) is -0.819. The second-order valence-corrected chi connectivity index (χ2v) is 7.79. The Kier molecular flexibility index (Phi) is 4.32. The fraction of sp³-hybridized carbons (Fsp3) is 0.824. The van der Waals surface area contributed by atoms with Crippen LogP contribution in [0.25, 0.3) is 0 Å². The second kappa shape index (κ2) is 6.02. The molecule has 0 spiro atoms. The first kappa shape index (κ1) is 17.2. The van der Waals surface area contributed by atoms with Crippen molar-refractivity contribution in [2.24, 2.45) is 22.7 Å². The molecule has 3 aliphatic rings. The molecule has 0 heterocycles. The molecule has 2 amide bonds. The molecule has 0 aliphatic heterocycles. The topological polar surface area (TPSA) is 105 Å². The van der Waals surface area contributed by atoms with E-state index in [9.17, 15) is 19.5 Å². The maximum Gasteiger partial charge on any atom is 0.321 e. The molecule has 0 radical (unpaired) electrons. The molecule has 3 fully saturated rings. The Labute approximate surface area is 141 Å². The van der Waals surface area contributed by atoms with E-state index in [-0.39, 0.29) is 35.2 Å². The Morgan fingerprint density at radius 1 is 1.17 bits per heavy atom. The number of amides is 2. The lowest BCUT2D eigenvalue weighted by Crippen LogP contribution is -2.46. The van der Waals surface area contributed by atoms with Gasteiger partial charge in [-0.2, -0.15) is 0 Å². The van der Waals surface area contributed by atoms with Crippen LogP contribution in [0.15, 0.2) is 0 Å². The second-order valence-electron chi connectivity index (χ2n) is 7.79. The highest BCUT2D eigenvalue weighted by Gasteiger charge is 2.64. The van der Waals surface area contributed by atoms with E-state index in [0.717, 1.165) is 12.8 Å². The van der Waals surface area contributed by atoms with E-state index in [2.05, 4.69) is 10.6 Å². The zero-order valence-electron chi connectivity index (χ0n) is 14.3. The molecule has 2 atom stereocenters. The van der Waals surface area contributed by atoms with Crippen molar-refractivity contribution in [3.05, 3.63) is 0 Å². The average Bonchev–Trinajstić information content (AvgIpc) is 3.44. The fourth-order valence-electron chi connectivity index (χ4n) is 3.54. The number of hydrogen-bond acceptors (Lipinski definition) is 5. The minimum absolute atomic E-state index is 0.00449. The maximum atomic E-state index is 12.4. The summed E-state index contributed by atoms with van der Waals surface area (Å²) < 4.78 is 4.77. The van der Waals surface area contributed by atoms with Crippen LogP contribution in [0.5, 0.6) is 0 Å². The Balaban J connectivity index is 1.45. The SMILES string of the molecule is COC(=O)C1(C(=O)NCC2(CNC(=O)C3CC(O)C3)CC2)CC1C. The number of rotatable bonds is 7. The molecule has 3 saturated carbocycles. The molecular weight excluding hydrogens is 312 g/mol. The Morgan fingerprint density at radius 2 is 1.75 bits per heavy atom. The first-order valence-electron chi connectivity index (χ1n) is 8.65. The number of ether oxygens (including phenoxy) is 1. The molecule has 3 N–H and O–H groups in total. The maximum absolute atomic E-state index is 12.4. The van der Waals surface area contributed by atoms with E-state index in [0.29, 0.717) is 32.4 Å². The summed E-state index contributed by atoms with van der Waals surface area (Å²) in [7, 11) is 1.30. The van der Waals surface area contributed by atoms with E-state index in [1.807, 2.05) is 6.92 Å². The normalized spacial score (nSPS) is 35.4. The smallest absolute Gasteiger partial charge is 0.321 e. The Morgan fingerprint density at radius 3 is 2.21 bits per heavy atom. The summed E-state index contributed by atoms with van der Waals surface area (Å²) in [6.45, 7) is 2.86. The molecule has 0 aromatic carbocycles. The first-order valence-corrected chi connectivity index (χ1v) is 8.65. The monoisotopic (exact) mass is 338 g/mol. The van der Waals surface area contributed by atoms with Crippen LogP contribution < -0.4 is 10.6 Å². The number of aliphatic hydroxyl groups is 1. The molecule has 0 saturated heterocycles. The van der Waals surface area contributed by atoms with Gasteiger partial charge in [-0.3, -0.25) is 14.4 Å². The molecule has 24 heavy (non-hydrogen) atoms. The van der Waals surface area contributed by atoms with Gasteiger partial charge in [0.25, 0.3) is 0 Å². The quantitative estimate of drug-likeness (QED) is 0.447. The number of carbonyl (C=O) groups excluding carboxylic acids is 3. The van der Waals surface area contributed by atoms with E-state index in [4.69, 9.17) is 4.74 Å². The molecule has 3 aliphatic carbocycles. The lowest BCUT2D eigenvalue weighted by Gasteiger charge is -2.30. The van der Waals surface area contributed by atoms with Crippen molar-refractivity contribution in [1.82, 2.24) is 10.6 Å². The highest BCUT2D eigenvalue weighted by molar-refractivity contribution is 6.06. The van der Waals surface area contributed by atoms with E-state index in [1.54, 1.807) is 0 Å². The lowest BCUT2D eigenvalue weighted by molar-refractivity contribution is -0.152. The van der Waals surface area contributed by atoms with E-state index < -0.39 is 11.4 Å². The van der Waals surface area contributed by atoms with Crippen molar-refractivity contribution in [3.63, 3.8) is 0 Å². The van der Waals surface area contributed by atoms with Gasteiger partial charge in [0.15, 0.2) is 0 Å². The van der Waals surface area contributed by atoms with Crippen molar-refractivity contribution >= 4 is 17.8 Å². The highest BCUT2D eigenvalue weighted by atomic mass is 16.5. The van der Waals surface area contributed by atoms with E-state index >= 15 is 0 Å². The molecule has 3 rings (SSSR count). The van der Waals surface area contributed by atoms with Gasteiger partial charge in [-0.25, -0.2) is 0 Å². The van der Waals surface area contributed by atoms with Gasteiger partial charge in [0.1, 0.15) is 5.41 Å². The van der Waals surface area contributed by atoms with Crippen LogP contribution in [0.4, 0.5) is 0 Å². The molecule has 0 aromatic heterocycles. The molecule has 134 valence electrons. The van der Waals surface area contributed by atoms with Crippen molar-refractivity contribution in [1.29, 1.82) is 0 Å².